The standard InChI is InChI=1S/C14H16BrNO4/c1-8(9-4-2-3-5-10(9)15)16-13(17)11-6-7-12(20-11)14(18)19/h2-5,8,11-12H,6-7H2,1H3,(H,16,17)(H,18,19)/t8-,11?,12?/m0/s1. The van der Waals surface area contributed by atoms with Crippen molar-refractivity contribution in [3.05, 3.63) is 34.3 Å². The Labute approximate surface area is 125 Å². The molecule has 1 aromatic carbocycles. The predicted molar refractivity (Wildman–Crippen MR) is 76.2 cm³/mol. The van der Waals surface area contributed by atoms with Crippen molar-refractivity contribution in [2.24, 2.45) is 0 Å². The van der Waals surface area contributed by atoms with Crippen LogP contribution in [0.5, 0.6) is 0 Å². The number of rotatable bonds is 4. The predicted octanol–water partition coefficient (Wildman–Crippen LogP) is 2.26. The molecule has 0 aromatic heterocycles. The van der Waals surface area contributed by atoms with E-state index in [1.807, 2.05) is 31.2 Å². The van der Waals surface area contributed by atoms with Gasteiger partial charge < -0.3 is 15.2 Å². The monoisotopic (exact) mass is 341 g/mol. The van der Waals surface area contributed by atoms with E-state index >= 15 is 0 Å². The van der Waals surface area contributed by atoms with E-state index in [9.17, 15) is 9.59 Å². The maximum atomic E-state index is 12.1. The molecule has 3 atom stereocenters. The second-order valence-electron chi connectivity index (χ2n) is 4.78. The summed E-state index contributed by atoms with van der Waals surface area (Å²) < 4.78 is 6.15. The Bertz CT molecular complexity index is 520. The van der Waals surface area contributed by atoms with Gasteiger partial charge in [-0.05, 0) is 31.4 Å². The topological polar surface area (TPSA) is 75.6 Å². The molecule has 108 valence electrons. The van der Waals surface area contributed by atoms with Gasteiger partial charge in [0.15, 0.2) is 6.10 Å². The molecule has 6 heteroatoms. The van der Waals surface area contributed by atoms with Crippen LogP contribution in [-0.4, -0.2) is 29.2 Å². The number of aliphatic carboxylic acids is 1. The number of amides is 1. The lowest BCUT2D eigenvalue weighted by Crippen LogP contribution is -2.37. The van der Waals surface area contributed by atoms with E-state index in [-0.39, 0.29) is 11.9 Å². The Morgan fingerprint density at radius 2 is 2.00 bits per heavy atom. The van der Waals surface area contributed by atoms with Crippen molar-refractivity contribution in [1.82, 2.24) is 5.32 Å². The van der Waals surface area contributed by atoms with Gasteiger partial charge in [0.1, 0.15) is 6.10 Å². The smallest absolute Gasteiger partial charge is 0.332 e. The zero-order chi connectivity index (χ0) is 14.7. The molecule has 0 spiro atoms. The fourth-order valence-electron chi connectivity index (χ4n) is 2.22. The molecule has 2 unspecified atom stereocenters. The third kappa shape index (κ3) is 3.37. The highest BCUT2D eigenvalue weighted by Crippen LogP contribution is 2.24. The van der Waals surface area contributed by atoms with Gasteiger partial charge in [-0.2, -0.15) is 0 Å². The Kier molecular flexibility index (Phi) is 4.77. The average Bonchev–Trinajstić information content (AvgIpc) is 2.88. The van der Waals surface area contributed by atoms with E-state index in [2.05, 4.69) is 21.2 Å². The van der Waals surface area contributed by atoms with E-state index in [0.717, 1.165) is 10.0 Å². The summed E-state index contributed by atoms with van der Waals surface area (Å²) in [7, 11) is 0. The molecule has 1 aromatic rings. The highest BCUT2D eigenvalue weighted by Gasteiger charge is 2.35. The van der Waals surface area contributed by atoms with Crippen molar-refractivity contribution < 1.29 is 19.4 Å². The van der Waals surface area contributed by atoms with Crippen LogP contribution in [0.4, 0.5) is 0 Å². The number of carbonyl (C=O) groups excluding carboxylic acids is 1. The molecule has 2 N–H and O–H groups in total. The van der Waals surface area contributed by atoms with Crippen molar-refractivity contribution in [2.75, 3.05) is 0 Å². The van der Waals surface area contributed by atoms with E-state index in [1.165, 1.54) is 0 Å². The molecule has 0 bridgehead atoms. The van der Waals surface area contributed by atoms with Gasteiger partial charge in [-0.3, -0.25) is 4.79 Å². The van der Waals surface area contributed by atoms with Crippen molar-refractivity contribution in [1.29, 1.82) is 0 Å². The van der Waals surface area contributed by atoms with E-state index in [4.69, 9.17) is 9.84 Å². The number of benzene rings is 1. The Morgan fingerprint density at radius 3 is 2.60 bits per heavy atom. The van der Waals surface area contributed by atoms with Crippen LogP contribution in [0.15, 0.2) is 28.7 Å². The number of carboxylic acids is 1. The summed E-state index contributed by atoms with van der Waals surface area (Å²) in [5.41, 5.74) is 0.966. The van der Waals surface area contributed by atoms with Crippen LogP contribution in [0.25, 0.3) is 0 Å². The molecule has 5 nitrogen and oxygen atoms in total. The molecule has 1 aliphatic rings. The fourth-order valence-corrected chi connectivity index (χ4v) is 2.85. The lowest BCUT2D eigenvalue weighted by Gasteiger charge is -2.18. The first kappa shape index (κ1) is 15.0. The largest absolute Gasteiger partial charge is 0.479 e. The maximum absolute atomic E-state index is 12.1. The third-order valence-corrected chi connectivity index (χ3v) is 4.04. The molecule has 0 saturated carbocycles. The fraction of sp³-hybridized carbons (Fsp3) is 0.429. The van der Waals surface area contributed by atoms with Gasteiger partial charge >= 0.3 is 5.97 Å². The van der Waals surface area contributed by atoms with Gasteiger partial charge in [-0.15, -0.1) is 0 Å². The van der Waals surface area contributed by atoms with Gasteiger partial charge in [-0.25, -0.2) is 4.79 Å². The molecular weight excluding hydrogens is 326 g/mol. The first-order valence-electron chi connectivity index (χ1n) is 6.42. The minimum Gasteiger partial charge on any atom is -0.479 e. The zero-order valence-electron chi connectivity index (χ0n) is 11.0. The van der Waals surface area contributed by atoms with Crippen LogP contribution < -0.4 is 5.32 Å². The van der Waals surface area contributed by atoms with E-state index in [0.29, 0.717) is 12.8 Å². The van der Waals surface area contributed by atoms with Gasteiger partial charge in [0.05, 0.1) is 6.04 Å². The number of hydrogen-bond donors (Lipinski definition) is 2. The highest BCUT2D eigenvalue weighted by atomic mass is 79.9. The van der Waals surface area contributed by atoms with E-state index in [1.54, 1.807) is 0 Å². The molecule has 1 saturated heterocycles. The van der Waals surface area contributed by atoms with Crippen LogP contribution in [-0.2, 0) is 14.3 Å². The van der Waals surface area contributed by atoms with Gasteiger partial charge in [-0.1, -0.05) is 34.1 Å². The van der Waals surface area contributed by atoms with Crippen molar-refractivity contribution in [2.45, 2.75) is 38.0 Å². The molecule has 20 heavy (non-hydrogen) atoms. The van der Waals surface area contributed by atoms with Gasteiger partial charge in [0.25, 0.3) is 0 Å². The first-order chi connectivity index (χ1) is 9.49. The van der Waals surface area contributed by atoms with Crippen molar-refractivity contribution in [3.63, 3.8) is 0 Å². The number of carboxylic acid groups (broad SMARTS) is 1. The first-order valence-corrected chi connectivity index (χ1v) is 7.21. The summed E-state index contributed by atoms with van der Waals surface area (Å²) in [5, 5.41) is 11.7. The SMILES string of the molecule is C[C@H](NC(=O)C1CCC(C(=O)O)O1)c1ccccc1Br. The molecule has 1 amide bonds. The Balaban J connectivity index is 1.95. The summed E-state index contributed by atoms with van der Waals surface area (Å²) in [6, 6.07) is 7.45. The highest BCUT2D eigenvalue weighted by molar-refractivity contribution is 9.10. The summed E-state index contributed by atoms with van der Waals surface area (Å²) >= 11 is 3.44. The summed E-state index contributed by atoms with van der Waals surface area (Å²) in [6.45, 7) is 1.88. The van der Waals surface area contributed by atoms with Gasteiger partial charge in [0, 0.05) is 4.47 Å². The van der Waals surface area contributed by atoms with Crippen LogP contribution in [0.2, 0.25) is 0 Å². The number of nitrogens with one attached hydrogen (secondary N) is 1. The van der Waals surface area contributed by atoms with Crippen LogP contribution in [0.1, 0.15) is 31.4 Å². The molecule has 1 fully saturated rings. The van der Waals surface area contributed by atoms with E-state index < -0.39 is 18.2 Å². The van der Waals surface area contributed by atoms with Crippen LogP contribution in [0, 0.1) is 0 Å². The Morgan fingerprint density at radius 1 is 1.35 bits per heavy atom. The average molecular weight is 342 g/mol. The van der Waals surface area contributed by atoms with Crippen molar-refractivity contribution >= 4 is 27.8 Å². The van der Waals surface area contributed by atoms with Crippen LogP contribution >= 0.6 is 15.9 Å². The molecule has 0 radical (unpaired) electrons. The van der Waals surface area contributed by atoms with Gasteiger partial charge in [0.2, 0.25) is 5.91 Å². The minimum absolute atomic E-state index is 0.175. The maximum Gasteiger partial charge on any atom is 0.332 e. The summed E-state index contributed by atoms with van der Waals surface area (Å²) in [4.78, 5) is 22.9. The normalized spacial score (nSPS) is 23.3. The second-order valence-corrected chi connectivity index (χ2v) is 5.64. The number of hydrogen-bond acceptors (Lipinski definition) is 3. The molecule has 2 rings (SSSR count). The summed E-state index contributed by atoms with van der Waals surface area (Å²) in [6.07, 6.45) is -0.743. The Hall–Kier alpha value is -1.40. The lowest BCUT2D eigenvalue weighted by atomic mass is 10.1. The molecule has 1 heterocycles. The second kappa shape index (κ2) is 6.37. The third-order valence-electron chi connectivity index (χ3n) is 3.32. The lowest BCUT2D eigenvalue weighted by molar-refractivity contribution is -0.151. The molecular formula is C14H16BrNO4. The zero-order valence-corrected chi connectivity index (χ0v) is 12.6. The van der Waals surface area contributed by atoms with Crippen LogP contribution in [0.3, 0.4) is 0 Å². The quantitative estimate of drug-likeness (QED) is 0.880. The number of ether oxygens (including phenoxy) is 1. The minimum atomic E-state index is -1.01. The van der Waals surface area contributed by atoms with Crippen molar-refractivity contribution in [3.8, 4) is 0 Å². The summed E-state index contributed by atoms with van der Waals surface area (Å²) in [5.74, 6) is -1.28. The number of halogens is 1. The molecule has 1 aliphatic heterocycles. The number of carbonyl (C=O) groups is 2. The molecule has 0 aliphatic carbocycles.